The van der Waals surface area contributed by atoms with Gasteiger partial charge in [0.05, 0.1) is 12.8 Å². The van der Waals surface area contributed by atoms with Gasteiger partial charge in [0.2, 0.25) is 0 Å². The molecule has 1 rings (SSSR count). The fraction of sp³-hybridized carbons (Fsp3) is 0.364. The molecule has 15 heavy (non-hydrogen) atoms. The topological polar surface area (TPSA) is 41.8 Å². The second-order valence-corrected chi connectivity index (χ2v) is 3.52. The number of hydrogen-bond acceptors (Lipinski definition) is 3. The van der Waals surface area contributed by atoms with E-state index < -0.39 is 0 Å². The molecule has 0 aromatic heterocycles. The zero-order chi connectivity index (χ0) is 10.4. The van der Waals surface area contributed by atoms with E-state index in [0.29, 0.717) is 12.5 Å². The third-order valence-corrected chi connectivity index (χ3v) is 1.67. The van der Waals surface area contributed by atoms with Crippen molar-refractivity contribution >= 4 is 6.21 Å². The van der Waals surface area contributed by atoms with E-state index >= 15 is 0 Å². The molecule has 0 saturated carbocycles. The number of nitrogens with zero attached hydrogens (tertiary/aromatic N) is 1. The Labute approximate surface area is 103 Å². The maximum Gasteiger partial charge on any atom is 0.119 e. The molecule has 78 valence electrons. The molecule has 0 aliphatic heterocycles. The molecule has 3 nitrogen and oxygen atoms in total. The molecule has 1 N–H and O–H groups in total. The van der Waals surface area contributed by atoms with Gasteiger partial charge in [-0.25, -0.2) is 0 Å². The molecule has 0 amide bonds. The van der Waals surface area contributed by atoms with Crippen LogP contribution in [0.1, 0.15) is 19.4 Å². The van der Waals surface area contributed by atoms with Crippen molar-refractivity contribution in [3.8, 4) is 5.75 Å². The van der Waals surface area contributed by atoms with E-state index in [1.807, 2.05) is 24.3 Å². The fourth-order valence-corrected chi connectivity index (χ4v) is 0.980. The standard InChI is InChI=1S/C11H15NO2.Zn/c1-9(2)8-14-11-5-3-10(4-6-11)7-12-13;/h3-7,9,13H,8H2,1-2H3;. The molecule has 0 aliphatic rings. The summed E-state index contributed by atoms with van der Waals surface area (Å²) in [6, 6.07) is 7.41. The van der Waals surface area contributed by atoms with Gasteiger partial charge in [0.25, 0.3) is 0 Å². The van der Waals surface area contributed by atoms with E-state index in [2.05, 4.69) is 19.0 Å². The molecule has 1 aromatic carbocycles. The monoisotopic (exact) mass is 257 g/mol. The summed E-state index contributed by atoms with van der Waals surface area (Å²) in [4.78, 5) is 0. The van der Waals surface area contributed by atoms with Gasteiger partial charge in [-0.1, -0.05) is 19.0 Å². The van der Waals surface area contributed by atoms with Gasteiger partial charge < -0.3 is 9.94 Å². The first kappa shape index (κ1) is 14.1. The van der Waals surface area contributed by atoms with Crippen LogP contribution < -0.4 is 4.74 Å². The molecule has 0 atom stereocenters. The zero-order valence-electron chi connectivity index (χ0n) is 9.18. The van der Waals surface area contributed by atoms with E-state index in [9.17, 15) is 0 Å². The average molecular weight is 259 g/mol. The first-order valence-corrected chi connectivity index (χ1v) is 4.62. The van der Waals surface area contributed by atoms with Crippen molar-refractivity contribution < 1.29 is 29.4 Å². The normalized spacial score (nSPS) is 10.3. The van der Waals surface area contributed by atoms with Crippen LogP contribution in [0.2, 0.25) is 0 Å². The number of hydrogen-bond donors (Lipinski definition) is 1. The zero-order valence-corrected chi connectivity index (χ0v) is 12.1. The van der Waals surface area contributed by atoms with Crippen molar-refractivity contribution in [2.75, 3.05) is 6.61 Å². The molecule has 0 fully saturated rings. The molecule has 0 saturated heterocycles. The molecule has 0 spiro atoms. The summed E-state index contributed by atoms with van der Waals surface area (Å²) in [6.07, 6.45) is 1.38. The maximum absolute atomic E-state index is 8.30. The Kier molecular flexibility index (Phi) is 6.97. The predicted molar refractivity (Wildman–Crippen MR) is 56.2 cm³/mol. The summed E-state index contributed by atoms with van der Waals surface area (Å²) in [6.45, 7) is 4.92. The van der Waals surface area contributed by atoms with Gasteiger partial charge in [-0.2, -0.15) is 0 Å². The van der Waals surface area contributed by atoms with Crippen LogP contribution in [-0.2, 0) is 19.5 Å². The molecule has 4 heteroatoms. The van der Waals surface area contributed by atoms with Crippen LogP contribution in [0.5, 0.6) is 5.75 Å². The Hall–Kier alpha value is -0.887. The van der Waals surface area contributed by atoms with Crippen molar-refractivity contribution in [1.29, 1.82) is 0 Å². The summed E-state index contributed by atoms with van der Waals surface area (Å²) < 4.78 is 5.49. The van der Waals surface area contributed by atoms with E-state index in [-0.39, 0.29) is 19.5 Å². The molecule has 0 radical (unpaired) electrons. The summed E-state index contributed by atoms with van der Waals surface area (Å²) in [5.74, 6) is 1.36. The van der Waals surface area contributed by atoms with Crippen LogP contribution in [0.25, 0.3) is 0 Å². The largest absolute Gasteiger partial charge is 0.493 e. The summed E-state index contributed by atoms with van der Waals surface area (Å²) in [7, 11) is 0. The van der Waals surface area contributed by atoms with Crippen LogP contribution in [0.4, 0.5) is 0 Å². The van der Waals surface area contributed by atoms with Gasteiger partial charge >= 0.3 is 0 Å². The Morgan fingerprint density at radius 1 is 1.33 bits per heavy atom. The van der Waals surface area contributed by atoms with Crippen molar-refractivity contribution in [2.45, 2.75) is 13.8 Å². The maximum atomic E-state index is 8.30. The van der Waals surface area contributed by atoms with Gasteiger partial charge in [-0.05, 0) is 35.7 Å². The minimum atomic E-state index is 0. The van der Waals surface area contributed by atoms with E-state index in [1.54, 1.807) is 0 Å². The van der Waals surface area contributed by atoms with Crippen LogP contribution in [0.3, 0.4) is 0 Å². The molecule has 0 aliphatic carbocycles. The van der Waals surface area contributed by atoms with Crippen molar-refractivity contribution in [1.82, 2.24) is 0 Å². The summed E-state index contributed by atoms with van der Waals surface area (Å²) >= 11 is 0. The van der Waals surface area contributed by atoms with Crippen LogP contribution in [-0.4, -0.2) is 18.0 Å². The van der Waals surface area contributed by atoms with Crippen molar-refractivity contribution in [3.05, 3.63) is 29.8 Å². The third-order valence-electron chi connectivity index (χ3n) is 1.67. The Morgan fingerprint density at radius 3 is 2.40 bits per heavy atom. The van der Waals surface area contributed by atoms with Crippen LogP contribution in [0, 0.1) is 5.92 Å². The smallest absolute Gasteiger partial charge is 0.119 e. The van der Waals surface area contributed by atoms with Gasteiger partial charge in [-0.3, -0.25) is 0 Å². The van der Waals surface area contributed by atoms with E-state index in [0.717, 1.165) is 11.3 Å². The number of oxime groups is 1. The quantitative estimate of drug-likeness (QED) is 0.390. The van der Waals surface area contributed by atoms with E-state index in [1.165, 1.54) is 6.21 Å². The fourth-order valence-electron chi connectivity index (χ4n) is 0.980. The summed E-state index contributed by atoms with van der Waals surface area (Å²) in [5.41, 5.74) is 0.851. The summed E-state index contributed by atoms with van der Waals surface area (Å²) in [5, 5.41) is 11.2. The molecule has 0 unspecified atom stereocenters. The first-order chi connectivity index (χ1) is 6.72. The van der Waals surface area contributed by atoms with Crippen molar-refractivity contribution in [3.63, 3.8) is 0 Å². The number of benzene rings is 1. The molecule has 0 bridgehead atoms. The minimum absolute atomic E-state index is 0. The minimum Gasteiger partial charge on any atom is -0.493 e. The molecule has 0 heterocycles. The Morgan fingerprint density at radius 2 is 1.93 bits per heavy atom. The molecular weight excluding hydrogens is 244 g/mol. The second kappa shape index (κ2) is 7.41. The number of rotatable bonds is 4. The van der Waals surface area contributed by atoms with Gasteiger partial charge in [-0.15, -0.1) is 0 Å². The molecular formula is C11H15NO2Zn. The van der Waals surface area contributed by atoms with Crippen molar-refractivity contribution in [2.24, 2.45) is 11.1 Å². The van der Waals surface area contributed by atoms with Gasteiger partial charge in [0, 0.05) is 19.5 Å². The second-order valence-electron chi connectivity index (χ2n) is 3.52. The van der Waals surface area contributed by atoms with Gasteiger partial charge in [0.1, 0.15) is 5.75 Å². The third kappa shape index (κ3) is 5.53. The average Bonchev–Trinajstić information content (AvgIpc) is 2.17. The molecule has 1 aromatic rings. The predicted octanol–water partition coefficient (Wildman–Crippen LogP) is 2.53. The van der Waals surface area contributed by atoms with Crippen LogP contribution in [0.15, 0.2) is 29.4 Å². The van der Waals surface area contributed by atoms with E-state index in [4.69, 9.17) is 9.94 Å². The SMILES string of the molecule is CC(C)COc1ccc(C=NO)cc1.[Zn]. The number of ether oxygens (including phenoxy) is 1. The van der Waals surface area contributed by atoms with Crippen LogP contribution >= 0.6 is 0 Å². The van der Waals surface area contributed by atoms with Gasteiger partial charge in [0.15, 0.2) is 0 Å². The Balaban J connectivity index is 0.00000196. The first-order valence-electron chi connectivity index (χ1n) is 4.62. The Bertz CT molecular complexity index is 296.